The van der Waals surface area contributed by atoms with Crippen LogP contribution in [0.2, 0.25) is 0 Å². The fraction of sp³-hybridized carbons (Fsp3) is 0.0833. The van der Waals surface area contributed by atoms with Crippen molar-refractivity contribution in [2.45, 2.75) is 6.92 Å². The van der Waals surface area contributed by atoms with Crippen LogP contribution in [0.3, 0.4) is 0 Å². The van der Waals surface area contributed by atoms with E-state index < -0.39 is 0 Å². The van der Waals surface area contributed by atoms with Crippen LogP contribution in [0.5, 0.6) is 5.75 Å². The molecule has 1 aromatic heterocycles. The summed E-state index contributed by atoms with van der Waals surface area (Å²) in [5.74, 6) is 0.182. The normalized spacial score (nSPS) is 10.2. The molecule has 0 fully saturated rings. The molecule has 0 spiro atoms. The van der Waals surface area contributed by atoms with E-state index in [4.69, 9.17) is 5.11 Å². The summed E-state index contributed by atoms with van der Waals surface area (Å²) in [5, 5.41) is 11.1. The van der Waals surface area contributed by atoms with E-state index in [1.54, 1.807) is 12.1 Å². The first-order valence-corrected chi connectivity index (χ1v) is 5.43. The van der Waals surface area contributed by atoms with Gasteiger partial charge in [0.25, 0.3) is 0 Å². The molecule has 0 bridgehead atoms. The topological polar surface area (TPSA) is 37.3 Å². The lowest BCUT2D eigenvalue weighted by molar-refractivity contribution is 0.104. The van der Waals surface area contributed by atoms with Crippen LogP contribution in [0, 0.1) is 6.92 Å². The van der Waals surface area contributed by atoms with Crippen molar-refractivity contribution in [1.29, 1.82) is 0 Å². The van der Waals surface area contributed by atoms with Gasteiger partial charge in [-0.05, 0) is 48.2 Å². The molecule has 76 valence electrons. The van der Waals surface area contributed by atoms with Crippen molar-refractivity contribution in [1.82, 2.24) is 0 Å². The number of ketones is 1. The van der Waals surface area contributed by atoms with Crippen molar-refractivity contribution in [2.24, 2.45) is 0 Å². The maximum Gasteiger partial charge on any atom is 0.202 e. The lowest BCUT2D eigenvalue weighted by Crippen LogP contribution is -1.97. The third-order valence-electron chi connectivity index (χ3n) is 2.08. The molecule has 0 amide bonds. The minimum Gasteiger partial charge on any atom is -0.508 e. The quantitative estimate of drug-likeness (QED) is 0.787. The zero-order chi connectivity index (χ0) is 10.8. The number of benzene rings is 1. The Hall–Kier alpha value is -1.61. The SMILES string of the molecule is Cc1csc(C(=O)c2ccc(O)cc2)c1. The summed E-state index contributed by atoms with van der Waals surface area (Å²) in [5.41, 5.74) is 1.71. The van der Waals surface area contributed by atoms with Crippen molar-refractivity contribution >= 4 is 17.1 Å². The maximum absolute atomic E-state index is 11.9. The van der Waals surface area contributed by atoms with Crippen molar-refractivity contribution in [2.75, 3.05) is 0 Å². The molecule has 3 heteroatoms. The Morgan fingerprint density at radius 2 is 1.93 bits per heavy atom. The van der Waals surface area contributed by atoms with Crippen LogP contribution in [0.25, 0.3) is 0 Å². The highest BCUT2D eigenvalue weighted by molar-refractivity contribution is 7.12. The van der Waals surface area contributed by atoms with Gasteiger partial charge >= 0.3 is 0 Å². The maximum atomic E-state index is 11.9. The zero-order valence-electron chi connectivity index (χ0n) is 8.23. The Morgan fingerprint density at radius 1 is 1.27 bits per heavy atom. The van der Waals surface area contributed by atoms with Crippen molar-refractivity contribution in [3.63, 3.8) is 0 Å². The molecule has 2 nitrogen and oxygen atoms in total. The van der Waals surface area contributed by atoms with E-state index in [9.17, 15) is 4.79 Å². The van der Waals surface area contributed by atoms with Crippen LogP contribution in [-0.2, 0) is 0 Å². The van der Waals surface area contributed by atoms with Crippen molar-refractivity contribution < 1.29 is 9.90 Å². The Bertz CT molecular complexity index is 483. The predicted octanol–water partition coefficient (Wildman–Crippen LogP) is 2.99. The van der Waals surface area contributed by atoms with Gasteiger partial charge < -0.3 is 5.11 Å². The molecular weight excluding hydrogens is 208 g/mol. The molecule has 0 atom stereocenters. The molecule has 15 heavy (non-hydrogen) atoms. The third-order valence-corrected chi connectivity index (χ3v) is 3.13. The fourth-order valence-electron chi connectivity index (χ4n) is 1.31. The minimum absolute atomic E-state index is 0.00750. The van der Waals surface area contributed by atoms with Gasteiger partial charge in [-0.15, -0.1) is 11.3 Å². The molecule has 0 radical (unpaired) electrons. The van der Waals surface area contributed by atoms with E-state index in [0.717, 1.165) is 10.4 Å². The van der Waals surface area contributed by atoms with Crippen LogP contribution in [-0.4, -0.2) is 10.9 Å². The summed E-state index contributed by atoms with van der Waals surface area (Å²) in [7, 11) is 0. The Kier molecular flexibility index (Phi) is 2.56. The van der Waals surface area contributed by atoms with Gasteiger partial charge in [-0.2, -0.15) is 0 Å². The summed E-state index contributed by atoms with van der Waals surface area (Å²) < 4.78 is 0. The van der Waals surface area contributed by atoms with Crippen LogP contribution in [0.4, 0.5) is 0 Å². The number of aromatic hydroxyl groups is 1. The molecule has 0 saturated carbocycles. The molecule has 1 aromatic carbocycles. The van der Waals surface area contributed by atoms with Crippen LogP contribution >= 0.6 is 11.3 Å². The van der Waals surface area contributed by atoms with Gasteiger partial charge in [0.2, 0.25) is 5.78 Å². The molecule has 0 saturated heterocycles. The van der Waals surface area contributed by atoms with E-state index in [1.165, 1.54) is 23.5 Å². The van der Waals surface area contributed by atoms with Crippen molar-refractivity contribution in [3.8, 4) is 5.75 Å². The number of phenols is 1. The van der Waals surface area contributed by atoms with E-state index >= 15 is 0 Å². The second kappa shape index (κ2) is 3.87. The number of phenolic OH excluding ortho intramolecular Hbond substituents is 1. The summed E-state index contributed by atoms with van der Waals surface area (Å²) in [6, 6.07) is 8.18. The van der Waals surface area contributed by atoms with E-state index in [1.807, 2.05) is 18.4 Å². The molecule has 1 N–H and O–H groups in total. The number of aryl methyl sites for hydroxylation is 1. The molecule has 0 aliphatic carbocycles. The second-order valence-electron chi connectivity index (χ2n) is 3.36. The van der Waals surface area contributed by atoms with Gasteiger partial charge in [0, 0.05) is 5.56 Å². The van der Waals surface area contributed by atoms with Crippen molar-refractivity contribution in [3.05, 3.63) is 51.7 Å². The summed E-state index contributed by atoms with van der Waals surface area (Å²) >= 11 is 1.44. The first-order valence-electron chi connectivity index (χ1n) is 4.55. The highest BCUT2D eigenvalue weighted by atomic mass is 32.1. The average molecular weight is 218 g/mol. The van der Waals surface area contributed by atoms with Crippen LogP contribution in [0.15, 0.2) is 35.7 Å². The first-order chi connectivity index (χ1) is 7.16. The van der Waals surface area contributed by atoms with E-state index in [2.05, 4.69) is 0 Å². The third kappa shape index (κ3) is 2.07. The summed E-state index contributed by atoms with van der Waals surface area (Å²) in [6.07, 6.45) is 0. The lowest BCUT2D eigenvalue weighted by atomic mass is 10.1. The fourth-order valence-corrected chi connectivity index (χ4v) is 2.17. The molecule has 2 rings (SSSR count). The highest BCUT2D eigenvalue weighted by Gasteiger charge is 2.10. The number of rotatable bonds is 2. The minimum atomic E-state index is 0.00750. The monoisotopic (exact) mass is 218 g/mol. The summed E-state index contributed by atoms with van der Waals surface area (Å²) in [6.45, 7) is 1.96. The second-order valence-corrected chi connectivity index (χ2v) is 4.28. The summed E-state index contributed by atoms with van der Waals surface area (Å²) in [4.78, 5) is 12.6. The smallest absolute Gasteiger partial charge is 0.202 e. The number of hydrogen-bond donors (Lipinski definition) is 1. The first kappa shape index (κ1) is 9.93. The molecular formula is C12H10O2S. The molecule has 0 unspecified atom stereocenters. The van der Waals surface area contributed by atoms with E-state index in [-0.39, 0.29) is 11.5 Å². The zero-order valence-corrected chi connectivity index (χ0v) is 9.04. The largest absolute Gasteiger partial charge is 0.508 e. The number of hydrogen-bond acceptors (Lipinski definition) is 3. The van der Waals surface area contributed by atoms with Gasteiger partial charge in [0.15, 0.2) is 0 Å². The predicted molar refractivity (Wildman–Crippen MR) is 60.6 cm³/mol. The number of thiophene rings is 1. The standard InChI is InChI=1S/C12H10O2S/c1-8-6-11(15-7-8)12(14)9-2-4-10(13)5-3-9/h2-7,13H,1H3. The highest BCUT2D eigenvalue weighted by Crippen LogP contribution is 2.19. The molecule has 0 aliphatic heterocycles. The molecule has 1 heterocycles. The van der Waals surface area contributed by atoms with Crippen LogP contribution < -0.4 is 0 Å². The average Bonchev–Trinajstić information content (AvgIpc) is 2.65. The number of carbonyl (C=O) groups excluding carboxylic acids is 1. The van der Waals surface area contributed by atoms with Gasteiger partial charge in [-0.3, -0.25) is 4.79 Å². The Labute approximate surface area is 91.8 Å². The van der Waals surface area contributed by atoms with Gasteiger partial charge in [-0.25, -0.2) is 0 Å². The van der Waals surface area contributed by atoms with E-state index in [0.29, 0.717) is 5.56 Å². The molecule has 2 aromatic rings. The Balaban J connectivity index is 2.32. The van der Waals surface area contributed by atoms with Crippen LogP contribution in [0.1, 0.15) is 20.8 Å². The van der Waals surface area contributed by atoms with Gasteiger partial charge in [-0.1, -0.05) is 0 Å². The Morgan fingerprint density at radius 3 is 2.47 bits per heavy atom. The number of carbonyl (C=O) groups is 1. The lowest BCUT2D eigenvalue weighted by Gasteiger charge is -1.97. The van der Waals surface area contributed by atoms with Gasteiger partial charge in [0.1, 0.15) is 5.75 Å². The molecule has 0 aliphatic rings. The van der Waals surface area contributed by atoms with Gasteiger partial charge in [0.05, 0.1) is 4.88 Å².